The van der Waals surface area contributed by atoms with E-state index in [1.165, 1.54) is 0 Å². The summed E-state index contributed by atoms with van der Waals surface area (Å²) < 4.78 is 0. The van der Waals surface area contributed by atoms with Gasteiger partial charge in [0.25, 0.3) is 5.91 Å². The lowest BCUT2D eigenvalue weighted by Crippen LogP contribution is -2.46. The molecule has 1 aromatic heterocycles. The van der Waals surface area contributed by atoms with Crippen LogP contribution in [-0.2, 0) is 9.59 Å². The lowest BCUT2D eigenvalue weighted by molar-refractivity contribution is -0.134. The molecule has 25 heavy (non-hydrogen) atoms. The average Bonchev–Trinajstić information content (AvgIpc) is 3.42. The molecule has 4 amide bonds. The van der Waals surface area contributed by atoms with Crippen molar-refractivity contribution >= 4 is 34.4 Å². The van der Waals surface area contributed by atoms with Crippen LogP contribution >= 0.6 is 0 Å². The summed E-state index contributed by atoms with van der Waals surface area (Å²) in [5.74, 6) is -0.591. The molecule has 1 saturated carbocycles. The van der Waals surface area contributed by atoms with E-state index >= 15 is 0 Å². The second-order valence-corrected chi connectivity index (χ2v) is 6.73. The molecule has 2 aliphatic rings. The van der Waals surface area contributed by atoms with Gasteiger partial charge in [0.15, 0.2) is 0 Å². The van der Waals surface area contributed by atoms with Crippen molar-refractivity contribution in [1.29, 1.82) is 0 Å². The van der Waals surface area contributed by atoms with E-state index in [0.717, 1.165) is 23.1 Å². The minimum absolute atomic E-state index is 0.166. The first-order valence-electron chi connectivity index (χ1n) is 8.27. The lowest BCUT2D eigenvalue weighted by atomic mass is 9.96. The number of amides is 4. The minimum Gasteiger partial charge on any atom is -0.323 e. The number of carbonyl (C=O) groups is 3. The summed E-state index contributed by atoms with van der Waals surface area (Å²) in [6.45, 7) is 1.42. The fourth-order valence-electron chi connectivity index (χ4n) is 3.34. The summed E-state index contributed by atoms with van der Waals surface area (Å²) >= 11 is 0. The minimum atomic E-state index is -0.877. The second kappa shape index (κ2) is 5.54. The van der Waals surface area contributed by atoms with Gasteiger partial charge in [0.05, 0.1) is 11.2 Å². The molecule has 1 aromatic carbocycles. The maximum Gasteiger partial charge on any atom is 0.325 e. The summed E-state index contributed by atoms with van der Waals surface area (Å²) in [5, 5.41) is 6.39. The predicted molar refractivity (Wildman–Crippen MR) is 91.7 cm³/mol. The van der Waals surface area contributed by atoms with Gasteiger partial charge in [-0.15, -0.1) is 0 Å². The maximum absolute atomic E-state index is 12.6. The number of aromatic nitrogens is 1. The summed E-state index contributed by atoms with van der Waals surface area (Å²) in [6.07, 6.45) is 3.49. The zero-order chi connectivity index (χ0) is 17.6. The van der Waals surface area contributed by atoms with Crippen LogP contribution in [0, 0.1) is 5.92 Å². The SMILES string of the molecule is C[C@]1(C2CC2)NC(=O)N(CC(=O)Nc2cccc3cccnc23)C1=O. The zero-order valence-corrected chi connectivity index (χ0v) is 13.8. The van der Waals surface area contributed by atoms with E-state index in [1.807, 2.05) is 24.3 Å². The molecule has 1 saturated heterocycles. The summed E-state index contributed by atoms with van der Waals surface area (Å²) in [7, 11) is 0. The fraction of sp³-hybridized carbons (Fsp3) is 0.333. The van der Waals surface area contributed by atoms with E-state index in [4.69, 9.17) is 0 Å². The van der Waals surface area contributed by atoms with Crippen LogP contribution in [0.4, 0.5) is 10.5 Å². The summed E-state index contributed by atoms with van der Waals surface area (Å²) in [6, 6.07) is 8.67. The van der Waals surface area contributed by atoms with Crippen LogP contribution in [0.1, 0.15) is 19.8 Å². The lowest BCUT2D eigenvalue weighted by Gasteiger charge is -2.20. The molecule has 2 fully saturated rings. The van der Waals surface area contributed by atoms with E-state index in [-0.39, 0.29) is 18.4 Å². The number of benzene rings is 1. The fourth-order valence-corrected chi connectivity index (χ4v) is 3.34. The van der Waals surface area contributed by atoms with Crippen molar-refractivity contribution in [2.24, 2.45) is 5.92 Å². The topological polar surface area (TPSA) is 91.4 Å². The third-order valence-corrected chi connectivity index (χ3v) is 4.90. The molecule has 0 radical (unpaired) electrons. The Morgan fingerprint density at radius 2 is 2.08 bits per heavy atom. The van der Waals surface area contributed by atoms with E-state index in [9.17, 15) is 14.4 Å². The number of nitrogens with zero attached hydrogens (tertiary/aromatic N) is 2. The second-order valence-electron chi connectivity index (χ2n) is 6.73. The van der Waals surface area contributed by atoms with Crippen LogP contribution in [-0.4, -0.2) is 39.8 Å². The van der Waals surface area contributed by atoms with Crippen molar-refractivity contribution in [3.63, 3.8) is 0 Å². The highest BCUT2D eigenvalue weighted by molar-refractivity contribution is 6.11. The van der Waals surface area contributed by atoms with Gasteiger partial charge in [-0.25, -0.2) is 4.79 Å². The number of para-hydroxylation sites is 1. The molecule has 7 nitrogen and oxygen atoms in total. The van der Waals surface area contributed by atoms with Gasteiger partial charge in [0.1, 0.15) is 12.1 Å². The Morgan fingerprint density at radius 1 is 1.32 bits per heavy atom. The summed E-state index contributed by atoms with van der Waals surface area (Å²) in [4.78, 5) is 42.4. The third-order valence-electron chi connectivity index (χ3n) is 4.90. The monoisotopic (exact) mass is 338 g/mol. The van der Waals surface area contributed by atoms with Gasteiger partial charge in [-0.05, 0) is 37.8 Å². The molecule has 128 valence electrons. The number of pyridine rings is 1. The Kier molecular flexibility index (Phi) is 3.45. The van der Waals surface area contributed by atoms with E-state index in [2.05, 4.69) is 15.6 Å². The van der Waals surface area contributed by atoms with Crippen molar-refractivity contribution in [3.8, 4) is 0 Å². The number of rotatable bonds is 4. The number of hydrogen-bond acceptors (Lipinski definition) is 4. The van der Waals surface area contributed by atoms with Gasteiger partial charge in [-0.3, -0.25) is 19.5 Å². The van der Waals surface area contributed by atoms with Crippen LogP contribution in [0.15, 0.2) is 36.5 Å². The van der Waals surface area contributed by atoms with Crippen molar-refractivity contribution in [1.82, 2.24) is 15.2 Å². The molecule has 2 heterocycles. The maximum atomic E-state index is 12.6. The van der Waals surface area contributed by atoms with E-state index < -0.39 is 17.5 Å². The first-order valence-corrected chi connectivity index (χ1v) is 8.27. The number of imide groups is 1. The van der Waals surface area contributed by atoms with Crippen molar-refractivity contribution < 1.29 is 14.4 Å². The molecular formula is C18H18N4O3. The molecule has 7 heteroatoms. The van der Waals surface area contributed by atoms with E-state index in [1.54, 1.807) is 19.2 Å². The molecule has 2 N–H and O–H groups in total. The van der Waals surface area contributed by atoms with Crippen LogP contribution in [0.3, 0.4) is 0 Å². The Balaban J connectivity index is 1.50. The molecule has 0 bridgehead atoms. The molecule has 1 atom stereocenters. The van der Waals surface area contributed by atoms with Gasteiger partial charge >= 0.3 is 6.03 Å². The molecule has 1 aliphatic carbocycles. The average molecular weight is 338 g/mol. The first kappa shape index (κ1) is 15.6. The molecular weight excluding hydrogens is 320 g/mol. The molecule has 1 aliphatic heterocycles. The Morgan fingerprint density at radius 3 is 2.84 bits per heavy atom. The van der Waals surface area contributed by atoms with Crippen molar-refractivity contribution in [3.05, 3.63) is 36.5 Å². The van der Waals surface area contributed by atoms with Crippen LogP contribution < -0.4 is 10.6 Å². The smallest absolute Gasteiger partial charge is 0.323 e. The Bertz CT molecular complexity index is 888. The highest BCUT2D eigenvalue weighted by Gasteiger charge is 2.56. The van der Waals surface area contributed by atoms with Gasteiger partial charge in [-0.2, -0.15) is 0 Å². The molecule has 4 rings (SSSR count). The van der Waals surface area contributed by atoms with Crippen LogP contribution in [0.25, 0.3) is 10.9 Å². The number of nitrogens with one attached hydrogen (secondary N) is 2. The molecule has 0 unspecified atom stereocenters. The molecule has 2 aromatic rings. The first-order chi connectivity index (χ1) is 12.0. The molecule has 0 spiro atoms. The van der Waals surface area contributed by atoms with Crippen molar-refractivity contribution in [2.75, 3.05) is 11.9 Å². The standard InChI is InChI=1S/C18H18N4O3/c1-18(12-7-8-12)16(24)22(17(25)21-18)10-14(23)20-13-6-2-4-11-5-3-9-19-15(11)13/h2-6,9,12H,7-8,10H2,1H3,(H,20,23)(H,21,25)/t18-/m1/s1. The number of carbonyl (C=O) groups excluding carboxylic acids is 3. The normalized spacial score (nSPS) is 23.0. The van der Waals surface area contributed by atoms with Crippen molar-refractivity contribution in [2.45, 2.75) is 25.3 Å². The predicted octanol–water partition coefficient (Wildman–Crippen LogP) is 1.89. The zero-order valence-electron chi connectivity index (χ0n) is 13.8. The van der Waals surface area contributed by atoms with Gasteiger partial charge in [-0.1, -0.05) is 18.2 Å². The number of anilines is 1. The Labute approximate surface area is 144 Å². The van der Waals surface area contributed by atoms with Gasteiger partial charge in [0, 0.05) is 11.6 Å². The third kappa shape index (κ3) is 2.61. The summed E-state index contributed by atoms with van der Waals surface area (Å²) in [5.41, 5.74) is 0.344. The highest BCUT2D eigenvalue weighted by atomic mass is 16.2. The number of urea groups is 1. The quantitative estimate of drug-likeness (QED) is 0.833. The highest BCUT2D eigenvalue weighted by Crippen LogP contribution is 2.42. The number of hydrogen-bond donors (Lipinski definition) is 2. The van der Waals surface area contributed by atoms with Crippen LogP contribution in [0.2, 0.25) is 0 Å². The van der Waals surface area contributed by atoms with Crippen LogP contribution in [0.5, 0.6) is 0 Å². The largest absolute Gasteiger partial charge is 0.325 e. The number of fused-ring (bicyclic) bond motifs is 1. The van der Waals surface area contributed by atoms with E-state index in [0.29, 0.717) is 11.2 Å². The van der Waals surface area contributed by atoms with Gasteiger partial charge in [0.2, 0.25) is 5.91 Å². The Hall–Kier alpha value is -2.96. The van der Waals surface area contributed by atoms with Gasteiger partial charge < -0.3 is 10.6 Å².